The molecule has 5 nitrogen and oxygen atoms in total. The molecular formula is C25H27ClN2O3. The smallest absolute Gasteiger partial charge is 0.223 e. The van der Waals surface area contributed by atoms with Gasteiger partial charge in [-0.25, -0.2) is 0 Å². The van der Waals surface area contributed by atoms with Crippen LogP contribution >= 0.6 is 11.6 Å². The first-order valence-electron chi connectivity index (χ1n) is 10.8. The summed E-state index contributed by atoms with van der Waals surface area (Å²) in [7, 11) is 0. The minimum absolute atomic E-state index is 0.0199. The number of ketones is 1. The van der Waals surface area contributed by atoms with Crippen molar-refractivity contribution in [2.45, 2.75) is 51.6 Å². The van der Waals surface area contributed by atoms with Crippen LogP contribution in [0.5, 0.6) is 0 Å². The predicted molar refractivity (Wildman–Crippen MR) is 120 cm³/mol. The number of rotatable bonds is 5. The highest BCUT2D eigenvalue weighted by atomic mass is 35.5. The van der Waals surface area contributed by atoms with Gasteiger partial charge in [-0.1, -0.05) is 35.9 Å². The molecule has 0 N–H and O–H groups in total. The fourth-order valence-electron chi connectivity index (χ4n) is 4.51. The Kier molecular flexibility index (Phi) is 6.42. The molecule has 4 rings (SSSR count). The molecule has 2 aliphatic heterocycles. The number of fused-ring (bicyclic) bond motifs is 1. The Bertz CT molecular complexity index is 994. The zero-order valence-corrected chi connectivity index (χ0v) is 18.5. The van der Waals surface area contributed by atoms with E-state index in [2.05, 4.69) is 12.1 Å². The Morgan fingerprint density at radius 3 is 2.26 bits per heavy atom. The van der Waals surface area contributed by atoms with E-state index in [1.54, 1.807) is 11.8 Å². The third kappa shape index (κ3) is 4.99. The van der Waals surface area contributed by atoms with Gasteiger partial charge in [-0.2, -0.15) is 0 Å². The Morgan fingerprint density at radius 2 is 1.58 bits per heavy atom. The molecule has 2 amide bonds. The van der Waals surface area contributed by atoms with Crippen molar-refractivity contribution < 1.29 is 14.4 Å². The molecule has 0 atom stereocenters. The first-order valence-corrected chi connectivity index (χ1v) is 11.2. The zero-order chi connectivity index (χ0) is 22.0. The van der Waals surface area contributed by atoms with E-state index in [9.17, 15) is 14.4 Å². The number of piperidine rings is 1. The molecule has 0 unspecified atom stereocenters. The molecule has 0 spiro atoms. The first kappa shape index (κ1) is 21.6. The second kappa shape index (κ2) is 9.23. The van der Waals surface area contributed by atoms with Gasteiger partial charge in [0.15, 0.2) is 5.78 Å². The molecule has 1 fully saturated rings. The molecule has 0 bridgehead atoms. The van der Waals surface area contributed by atoms with E-state index in [-0.39, 0.29) is 30.4 Å². The van der Waals surface area contributed by atoms with Crippen LogP contribution in [0.4, 0.5) is 0 Å². The number of amides is 2. The van der Waals surface area contributed by atoms with Crippen LogP contribution in [0.1, 0.15) is 65.6 Å². The lowest BCUT2D eigenvalue weighted by atomic mass is 9.89. The number of carbonyl (C=O) groups excluding carboxylic acids is 3. The lowest BCUT2D eigenvalue weighted by Crippen LogP contribution is -2.38. The van der Waals surface area contributed by atoms with Crippen LogP contribution in [-0.2, 0) is 22.7 Å². The fraction of sp³-hybridized carbons (Fsp3) is 0.400. The van der Waals surface area contributed by atoms with Crippen LogP contribution < -0.4 is 0 Å². The molecule has 0 saturated carbocycles. The molecule has 2 aromatic carbocycles. The van der Waals surface area contributed by atoms with Crippen LogP contribution in [0.15, 0.2) is 42.5 Å². The Morgan fingerprint density at radius 1 is 0.903 bits per heavy atom. The third-order valence-corrected chi connectivity index (χ3v) is 6.70. The minimum atomic E-state index is -0.0199. The van der Waals surface area contributed by atoms with Crippen molar-refractivity contribution in [3.63, 3.8) is 0 Å². The monoisotopic (exact) mass is 438 g/mol. The Labute approximate surface area is 188 Å². The van der Waals surface area contributed by atoms with E-state index in [0.29, 0.717) is 24.6 Å². The molecule has 0 aromatic heterocycles. The van der Waals surface area contributed by atoms with Gasteiger partial charge in [0.2, 0.25) is 11.8 Å². The van der Waals surface area contributed by atoms with E-state index >= 15 is 0 Å². The average Bonchev–Trinajstić information content (AvgIpc) is 3.22. The molecule has 162 valence electrons. The number of Topliss-reactive ketones (excluding diaryl/α,β-unsaturated/α-hetero) is 1. The second-order valence-corrected chi connectivity index (χ2v) is 8.92. The first-order chi connectivity index (χ1) is 14.9. The SMILES string of the molecule is CC(=O)N1Cc2ccc(C(=O)CCC(=O)N3CCC(c4ccc(Cl)cc4)CC3)cc2C1. The minimum Gasteiger partial charge on any atom is -0.343 e. The number of halogens is 1. The maximum absolute atomic E-state index is 12.6. The fourth-order valence-corrected chi connectivity index (χ4v) is 4.64. The van der Waals surface area contributed by atoms with Crippen molar-refractivity contribution in [1.29, 1.82) is 0 Å². The number of nitrogens with zero attached hydrogens (tertiary/aromatic N) is 2. The number of likely N-dealkylation sites (tertiary alicyclic amines) is 1. The number of hydrogen-bond donors (Lipinski definition) is 0. The van der Waals surface area contributed by atoms with E-state index in [1.807, 2.05) is 35.2 Å². The van der Waals surface area contributed by atoms with E-state index < -0.39 is 0 Å². The van der Waals surface area contributed by atoms with Gasteiger partial charge in [0.1, 0.15) is 0 Å². The average molecular weight is 439 g/mol. The summed E-state index contributed by atoms with van der Waals surface area (Å²) in [4.78, 5) is 40.5. The molecule has 2 aliphatic rings. The van der Waals surface area contributed by atoms with Crippen LogP contribution in [0.2, 0.25) is 5.02 Å². The van der Waals surface area contributed by atoms with Crippen molar-refractivity contribution in [2.75, 3.05) is 13.1 Å². The predicted octanol–water partition coefficient (Wildman–Crippen LogP) is 4.57. The summed E-state index contributed by atoms with van der Waals surface area (Å²) in [6, 6.07) is 13.6. The highest BCUT2D eigenvalue weighted by Gasteiger charge is 2.25. The van der Waals surface area contributed by atoms with Gasteiger partial charge in [0.25, 0.3) is 0 Å². The van der Waals surface area contributed by atoms with Crippen LogP contribution in [-0.4, -0.2) is 40.5 Å². The van der Waals surface area contributed by atoms with Crippen LogP contribution in [0.3, 0.4) is 0 Å². The lowest BCUT2D eigenvalue weighted by molar-refractivity contribution is -0.132. The zero-order valence-electron chi connectivity index (χ0n) is 17.8. The quantitative estimate of drug-likeness (QED) is 0.642. The van der Waals surface area contributed by atoms with Gasteiger partial charge in [0.05, 0.1) is 0 Å². The van der Waals surface area contributed by atoms with Gasteiger partial charge >= 0.3 is 0 Å². The molecule has 1 saturated heterocycles. The van der Waals surface area contributed by atoms with E-state index in [1.165, 1.54) is 5.56 Å². The summed E-state index contributed by atoms with van der Waals surface area (Å²) >= 11 is 5.97. The van der Waals surface area contributed by atoms with Gasteiger partial charge < -0.3 is 9.80 Å². The van der Waals surface area contributed by atoms with Crippen molar-refractivity contribution in [1.82, 2.24) is 9.80 Å². The van der Waals surface area contributed by atoms with Gasteiger partial charge in [-0.05, 0) is 53.6 Å². The number of benzene rings is 2. The van der Waals surface area contributed by atoms with Crippen molar-refractivity contribution in [3.05, 3.63) is 69.7 Å². The summed E-state index contributed by atoms with van der Waals surface area (Å²) in [5, 5.41) is 0.737. The maximum atomic E-state index is 12.6. The van der Waals surface area contributed by atoms with Gasteiger partial charge in [-0.3, -0.25) is 14.4 Å². The Hall–Kier alpha value is -2.66. The summed E-state index contributed by atoms with van der Waals surface area (Å²) < 4.78 is 0. The summed E-state index contributed by atoms with van der Waals surface area (Å²) in [6.45, 7) is 4.15. The van der Waals surface area contributed by atoms with Crippen molar-refractivity contribution >= 4 is 29.2 Å². The maximum Gasteiger partial charge on any atom is 0.223 e. The molecular weight excluding hydrogens is 412 g/mol. The molecule has 31 heavy (non-hydrogen) atoms. The summed E-state index contributed by atoms with van der Waals surface area (Å²) in [5.74, 6) is 0.513. The highest BCUT2D eigenvalue weighted by Crippen LogP contribution is 2.29. The van der Waals surface area contributed by atoms with Crippen LogP contribution in [0, 0.1) is 0 Å². The van der Waals surface area contributed by atoms with Gasteiger partial charge in [-0.15, -0.1) is 0 Å². The largest absolute Gasteiger partial charge is 0.343 e. The summed E-state index contributed by atoms with van der Waals surface area (Å²) in [5.41, 5.74) is 4.01. The normalized spacial score (nSPS) is 16.3. The molecule has 2 aromatic rings. The lowest BCUT2D eigenvalue weighted by Gasteiger charge is -2.32. The molecule has 6 heteroatoms. The second-order valence-electron chi connectivity index (χ2n) is 8.49. The number of hydrogen-bond acceptors (Lipinski definition) is 3. The van der Waals surface area contributed by atoms with Crippen molar-refractivity contribution in [3.8, 4) is 0 Å². The van der Waals surface area contributed by atoms with E-state index in [4.69, 9.17) is 11.6 Å². The number of carbonyl (C=O) groups is 3. The summed E-state index contributed by atoms with van der Waals surface area (Å²) in [6.07, 6.45) is 2.31. The van der Waals surface area contributed by atoms with Crippen LogP contribution in [0.25, 0.3) is 0 Å². The molecule has 2 heterocycles. The Balaban J connectivity index is 1.27. The molecule has 0 radical (unpaired) electrons. The van der Waals surface area contributed by atoms with E-state index in [0.717, 1.165) is 42.1 Å². The van der Waals surface area contributed by atoms with Crippen molar-refractivity contribution in [2.24, 2.45) is 0 Å². The standard InChI is InChI=1S/C25H27ClN2O3/c1-17(29)28-15-21-3-2-20(14-22(21)16-28)24(30)8-9-25(31)27-12-10-19(11-13-27)18-4-6-23(26)7-5-18/h2-7,14,19H,8-13,15-16H2,1H3. The third-order valence-electron chi connectivity index (χ3n) is 6.45. The topological polar surface area (TPSA) is 57.7 Å². The highest BCUT2D eigenvalue weighted by molar-refractivity contribution is 6.30. The molecule has 0 aliphatic carbocycles. The van der Waals surface area contributed by atoms with Gasteiger partial charge in [0, 0.05) is 56.5 Å².